The van der Waals surface area contributed by atoms with E-state index in [2.05, 4.69) is 0 Å². The monoisotopic (exact) mass is 330 g/mol. The lowest BCUT2D eigenvalue weighted by Crippen LogP contribution is -2.57. The predicted molar refractivity (Wildman–Crippen MR) is 83.9 cm³/mol. The molecule has 0 aliphatic carbocycles. The Morgan fingerprint density at radius 2 is 1.91 bits per heavy atom. The molecule has 2 N–H and O–H groups in total. The number of ether oxygens (including phenoxy) is 3. The minimum Gasteiger partial charge on any atom is -0.465 e. The summed E-state index contributed by atoms with van der Waals surface area (Å²) in [6, 6.07) is 0. The van der Waals surface area contributed by atoms with Crippen LogP contribution in [-0.2, 0) is 19.0 Å². The number of aliphatic hydroxyl groups is 2. The highest BCUT2D eigenvalue weighted by molar-refractivity contribution is 5.75. The maximum Gasteiger partial charge on any atom is 0.311 e. The SMILES string of the molecule is CC[C@@H](O)[C@H]1C[C@H](O)[C@H]2C[C@H](O2)[C@H](CCOC(=O)C(C)(C)C)O1. The van der Waals surface area contributed by atoms with Crippen molar-refractivity contribution in [2.24, 2.45) is 5.41 Å². The molecular weight excluding hydrogens is 300 g/mol. The molecule has 6 nitrogen and oxygen atoms in total. The summed E-state index contributed by atoms with van der Waals surface area (Å²) in [5.74, 6) is -0.240. The first-order valence-corrected chi connectivity index (χ1v) is 8.56. The van der Waals surface area contributed by atoms with Crippen LogP contribution in [0.2, 0.25) is 0 Å². The fourth-order valence-electron chi connectivity index (χ4n) is 2.94. The smallest absolute Gasteiger partial charge is 0.311 e. The zero-order valence-corrected chi connectivity index (χ0v) is 14.5. The molecule has 0 spiro atoms. The van der Waals surface area contributed by atoms with Gasteiger partial charge in [0.1, 0.15) is 0 Å². The van der Waals surface area contributed by atoms with E-state index in [1.54, 1.807) is 0 Å². The first-order chi connectivity index (χ1) is 10.7. The zero-order valence-electron chi connectivity index (χ0n) is 14.5. The van der Waals surface area contributed by atoms with Gasteiger partial charge in [0.25, 0.3) is 0 Å². The normalized spacial score (nSPS) is 35.7. The van der Waals surface area contributed by atoms with Crippen molar-refractivity contribution in [3.63, 3.8) is 0 Å². The Kier molecular flexibility index (Phi) is 6.05. The van der Waals surface area contributed by atoms with Crippen LogP contribution in [0.5, 0.6) is 0 Å². The first-order valence-electron chi connectivity index (χ1n) is 8.56. The average molecular weight is 330 g/mol. The van der Waals surface area contributed by atoms with E-state index >= 15 is 0 Å². The minimum absolute atomic E-state index is 0.102. The Morgan fingerprint density at radius 1 is 1.26 bits per heavy atom. The molecule has 6 heteroatoms. The van der Waals surface area contributed by atoms with Crippen LogP contribution in [0.1, 0.15) is 53.4 Å². The van der Waals surface area contributed by atoms with Gasteiger partial charge >= 0.3 is 5.97 Å². The van der Waals surface area contributed by atoms with Crippen molar-refractivity contribution < 1.29 is 29.2 Å². The first kappa shape index (κ1) is 18.6. The molecule has 0 aromatic carbocycles. The highest BCUT2D eigenvalue weighted by Gasteiger charge is 2.45. The van der Waals surface area contributed by atoms with E-state index in [1.807, 2.05) is 27.7 Å². The molecule has 0 saturated carbocycles. The molecule has 0 aromatic rings. The number of esters is 1. The van der Waals surface area contributed by atoms with Crippen LogP contribution in [0.4, 0.5) is 0 Å². The molecule has 0 unspecified atom stereocenters. The van der Waals surface area contributed by atoms with E-state index in [-0.39, 0.29) is 30.9 Å². The number of hydrogen-bond donors (Lipinski definition) is 2. The van der Waals surface area contributed by atoms with E-state index in [0.717, 1.165) is 6.42 Å². The van der Waals surface area contributed by atoms with Gasteiger partial charge in [-0.05, 0) is 27.2 Å². The number of carbonyl (C=O) groups excluding carboxylic acids is 1. The van der Waals surface area contributed by atoms with E-state index in [4.69, 9.17) is 14.2 Å². The molecule has 3 aliphatic rings. The van der Waals surface area contributed by atoms with Gasteiger partial charge in [0.2, 0.25) is 0 Å². The third-order valence-corrected chi connectivity index (χ3v) is 4.58. The summed E-state index contributed by atoms with van der Waals surface area (Å²) in [6.45, 7) is 7.60. The van der Waals surface area contributed by atoms with Crippen LogP contribution in [0.15, 0.2) is 0 Å². The van der Waals surface area contributed by atoms with Crippen LogP contribution in [0.3, 0.4) is 0 Å². The molecule has 0 radical (unpaired) electrons. The number of rotatable bonds is 5. The van der Waals surface area contributed by atoms with Crippen molar-refractivity contribution in [3.8, 4) is 0 Å². The van der Waals surface area contributed by atoms with Crippen molar-refractivity contribution in [2.45, 2.75) is 90.0 Å². The molecule has 0 aromatic heterocycles. The van der Waals surface area contributed by atoms with E-state index in [0.29, 0.717) is 19.3 Å². The molecule has 23 heavy (non-hydrogen) atoms. The molecule has 3 rings (SSSR count). The lowest BCUT2D eigenvalue weighted by Gasteiger charge is -2.47. The van der Waals surface area contributed by atoms with E-state index < -0.39 is 23.7 Å². The molecule has 2 bridgehead atoms. The molecule has 3 saturated heterocycles. The topological polar surface area (TPSA) is 85.2 Å². The largest absolute Gasteiger partial charge is 0.465 e. The van der Waals surface area contributed by atoms with Crippen LogP contribution in [-0.4, -0.2) is 59.4 Å². The molecule has 3 heterocycles. The third-order valence-electron chi connectivity index (χ3n) is 4.58. The highest BCUT2D eigenvalue weighted by Crippen LogP contribution is 2.35. The Hall–Kier alpha value is -0.690. The molecule has 0 amide bonds. The fourth-order valence-corrected chi connectivity index (χ4v) is 2.94. The Morgan fingerprint density at radius 3 is 2.48 bits per heavy atom. The van der Waals surface area contributed by atoms with Crippen LogP contribution >= 0.6 is 0 Å². The quantitative estimate of drug-likeness (QED) is 0.742. The zero-order chi connectivity index (χ0) is 17.2. The van der Waals surface area contributed by atoms with E-state index in [9.17, 15) is 15.0 Å². The van der Waals surface area contributed by atoms with Crippen molar-refractivity contribution in [3.05, 3.63) is 0 Å². The summed E-state index contributed by atoms with van der Waals surface area (Å²) >= 11 is 0. The molecule has 134 valence electrons. The summed E-state index contributed by atoms with van der Waals surface area (Å²) in [7, 11) is 0. The van der Waals surface area contributed by atoms with Crippen LogP contribution in [0.25, 0.3) is 0 Å². The molecule has 3 fully saturated rings. The fraction of sp³-hybridized carbons (Fsp3) is 0.941. The minimum atomic E-state index is -0.609. The van der Waals surface area contributed by atoms with Crippen LogP contribution < -0.4 is 0 Å². The summed E-state index contributed by atoms with van der Waals surface area (Å²) in [5, 5.41) is 20.2. The van der Waals surface area contributed by atoms with Gasteiger partial charge in [0.15, 0.2) is 0 Å². The maximum atomic E-state index is 11.8. The number of hydrogen-bond acceptors (Lipinski definition) is 6. The van der Waals surface area contributed by atoms with Crippen LogP contribution in [0, 0.1) is 5.41 Å². The second kappa shape index (κ2) is 7.47. The standard InChI is InChI=1S/C17H30O6/c1-5-10(18)13-8-11(19)14-9-15(23-14)12(22-13)6-7-21-16(20)17(2,3)4/h10-15,18-19H,5-9H2,1-4H3/t10-,11+,12+,13-,14-,15+/m1/s1. The second-order valence-corrected chi connectivity index (χ2v) is 7.61. The Bertz CT molecular complexity index is 398. The van der Waals surface area contributed by atoms with Crippen molar-refractivity contribution in [1.29, 1.82) is 0 Å². The van der Waals surface area contributed by atoms with Crippen molar-refractivity contribution >= 4 is 5.97 Å². The van der Waals surface area contributed by atoms with Crippen molar-refractivity contribution in [2.75, 3.05) is 6.61 Å². The second-order valence-electron chi connectivity index (χ2n) is 7.61. The highest BCUT2D eigenvalue weighted by atomic mass is 16.6. The van der Waals surface area contributed by atoms with Crippen molar-refractivity contribution in [1.82, 2.24) is 0 Å². The number of carbonyl (C=O) groups is 1. The summed E-state index contributed by atoms with van der Waals surface area (Å²) in [4.78, 5) is 11.8. The summed E-state index contributed by atoms with van der Waals surface area (Å²) < 4.78 is 17.0. The number of aliphatic hydroxyl groups excluding tert-OH is 2. The van der Waals surface area contributed by atoms with Gasteiger partial charge < -0.3 is 24.4 Å². The lowest BCUT2D eigenvalue weighted by atomic mass is 9.88. The van der Waals surface area contributed by atoms with Gasteiger partial charge in [-0.15, -0.1) is 0 Å². The molecular formula is C17H30O6. The van der Waals surface area contributed by atoms with Gasteiger partial charge in [0, 0.05) is 19.3 Å². The van der Waals surface area contributed by atoms with Gasteiger partial charge in [-0.3, -0.25) is 4.79 Å². The lowest BCUT2D eigenvalue weighted by molar-refractivity contribution is -0.261. The summed E-state index contributed by atoms with van der Waals surface area (Å²) in [6.07, 6.45) is 0.0919. The molecule has 3 aliphatic heterocycles. The maximum absolute atomic E-state index is 11.8. The molecule has 6 atom stereocenters. The Labute approximate surface area is 138 Å². The third kappa shape index (κ3) is 4.66. The predicted octanol–water partition coefficient (Wildman–Crippen LogP) is 1.41. The van der Waals surface area contributed by atoms with Gasteiger partial charge in [0.05, 0.1) is 48.6 Å². The van der Waals surface area contributed by atoms with E-state index in [1.165, 1.54) is 0 Å². The van der Waals surface area contributed by atoms with Gasteiger partial charge in [-0.25, -0.2) is 0 Å². The summed E-state index contributed by atoms with van der Waals surface area (Å²) in [5.41, 5.74) is -0.523. The van der Waals surface area contributed by atoms with Gasteiger partial charge in [-0.2, -0.15) is 0 Å². The Balaban J connectivity index is 1.90. The average Bonchev–Trinajstić information content (AvgIpc) is 2.40. The van der Waals surface area contributed by atoms with Gasteiger partial charge in [-0.1, -0.05) is 6.92 Å². The number of fused-ring (bicyclic) bond motifs is 4.